The second-order valence-corrected chi connectivity index (χ2v) is 7.70. The van der Waals surface area contributed by atoms with Crippen molar-refractivity contribution in [3.63, 3.8) is 0 Å². The summed E-state index contributed by atoms with van der Waals surface area (Å²) in [7, 11) is -2.42. The first-order chi connectivity index (χ1) is 11.1. The van der Waals surface area contributed by atoms with Gasteiger partial charge in [0, 0.05) is 19.2 Å². The van der Waals surface area contributed by atoms with E-state index in [-0.39, 0.29) is 28.7 Å². The van der Waals surface area contributed by atoms with Crippen LogP contribution < -0.4 is 4.72 Å². The van der Waals surface area contributed by atoms with Crippen LogP contribution in [0.15, 0.2) is 29.2 Å². The second-order valence-electron chi connectivity index (χ2n) is 5.99. The fourth-order valence-corrected chi connectivity index (χ4v) is 3.33. The molecule has 24 heavy (non-hydrogen) atoms. The highest BCUT2D eigenvalue weighted by atomic mass is 32.2. The maximum absolute atomic E-state index is 12.4. The van der Waals surface area contributed by atoms with Crippen LogP contribution in [0, 0.1) is 5.92 Å². The zero-order valence-electron chi connectivity index (χ0n) is 14.3. The lowest BCUT2D eigenvalue weighted by Gasteiger charge is -2.18. The van der Waals surface area contributed by atoms with Gasteiger partial charge in [0.2, 0.25) is 10.0 Å². The van der Waals surface area contributed by atoms with Gasteiger partial charge in [-0.2, -0.15) is 4.72 Å². The number of carboxylic acids is 1. The number of nitrogens with one attached hydrogen (secondary N) is 1. The molecule has 0 saturated carbocycles. The summed E-state index contributed by atoms with van der Waals surface area (Å²) >= 11 is 0. The van der Waals surface area contributed by atoms with Crippen molar-refractivity contribution in [3.8, 4) is 0 Å². The molecular weight excluding hydrogens is 332 g/mol. The van der Waals surface area contributed by atoms with Crippen molar-refractivity contribution in [2.75, 3.05) is 13.6 Å². The molecule has 7 nitrogen and oxygen atoms in total. The highest BCUT2D eigenvalue weighted by molar-refractivity contribution is 7.89. The number of carbonyl (C=O) groups is 2. The van der Waals surface area contributed by atoms with E-state index in [1.54, 1.807) is 7.05 Å². The number of hydrogen-bond donors (Lipinski definition) is 2. The summed E-state index contributed by atoms with van der Waals surface area (Å²) in [6.07, 6.45) is 0.172. The molecule has 1 aromatic carbocycles. The van der Waals surface area contributed by atoms with Gasteiger partial charge in [0.05, 0.1) is 4.90 Å². The summed E-state index contributed by atoms with van der Waals surface area (Å²) in [5, 5.41) is 9.19. The molecule has 0 aliphatic carbocycles. The average Bonchev–Trinajstić information content (AvgIpc) is 2.52. The Kier molecular flexibility index (Phi) is 6.92. The SMILES string of the molecule is CCN(C)C(=O)c1cccc(S(=O)(=O)N[C@H](CC(C)C)C(=O)O)c1. The van der Waals surface area contributed by atoms with E-state index in [2.05, 4.69) is 4.72 Å². The molecule has 1 atom stereocenters. The molecule has 0 bridgehead atoms. The minimum absolute atomic E-state index is 0.0138. The van der Waals surface area contributed by atoms with E-state index in [1.165, 1.54) is 29.2 Å². The van der Waals surface area contributed by atoms with E-state index < -0.39 is 22.0 Å². The zero-order valence-corrected chi connectivity index (χ0v) is 15.1. The summed E-state index contributed by atoms with van der Waals surface area (Å²) in [6.45, 7) is 5.92. The molecule has 0 saturated heterocycles. The van der Waals surface area contributed by atoms with Gasteiger partial charge in [-0.05, 0) is 37.5 Å². The lowest BCUT2D eigenvalue weighted by molar-refractivity contribution is -0.139. The molecule has 1 rings (SSSR count). The van der Waals surface area contributed by atoms with Gasteiger partial charge in [-0.1, -0.05) is 19.9 Å². The maximum atomic E-state index is 12.4. The Morgan fingerprint density at radius 1 is 1.29 bits per heavy atom. The van der Waals surface area contributed by atoms with Gasteiger partial charge in [-0.25, -0.2) is 8.42 Å². The van der Waals surface area contributed by atoms with Crippen molar-refractivity contribution in [3.05, 3.63) is 29.8 Å². The van der Waals surface area contributed by atoms with E-state index in [1.807, 2.05) is 20.8 Å². The van der Waals surface area contributed by atoms with Crippen LogP contribution in [-0.2, 0) is 14.8 Å². The Hall–Kier alpha value is -1.93. The van der Waals surface area contributed by atoms with E-state index in [9.17, 15) is 23.1 Å². The number of carboxylic acid groups (broad SMARTS) is 1. The topological polar surface area (TPSA) is 104 Å². The molecule has 0 heterocycles. The quantitative estimate of drug-likeness (QED) is 0.735. The fraction of sp³-hybridized carbons (Fsp3) is 0.500. The Morgan fingerprint density at radius 2 is 1.92 bits per heavy atom. The van der Waals surface area contributed by atoms with E-state index >= 15 is 0 Å². The van der Waals surface area contributed by atoms with Crippen LogP contribution in [0.5, 0.6) is 0 Å². The summed E-state index contributed by atoms with van der Waals surface area (Å²) < 4.78 is 27.1. The highest BCUT2D eigenvalue weighted by Crippen LogP contribution is 2.15. The standard InChI is InChI=1S/C16H24N2O5S/c1-5-18(4)15(19)12-7-6-8-13(10-12)24(22,23)17-14(16(20)21)9-11(2)3/h6-8,10-11,14,17H,5,9H2,1-4H3,(H,20,21)/t14-/m1/s1. The van der Waals surface area contributed by atoms with Crippen molar-refractivity contribution in [1.29, 1.82) is 0 Å². The molecule has 0 unspecified atom stereocenters. The van der Waals surface area contributed by atoms with Crippen LogP contribution in [0.25, 0.3) is 0 Å². The zero-order chi connectivity index (χ0) is 18.5. The number of hydrogen-bond acceptors (Lipinski definition) is 4. The molecule has 0 aromatic heterocycles. The van der Waals surface area contributed by atoms with Crippen LogP contribution in [0.3, 0.4) is 0 Å². The van der Waals surface area contributed by atoms with Crippen molar-refractivity contribution in [1.82, 2.24) is 9.62 Å². The number of carbonyl (C=O) groups excluding carboxylic acids is 1. The van der Waals surface area contributed by atoms with Gasteiger partial charge in [-0.3, -0.25) is 9.59 Å². The Morgan fingerprint density at radius 3 is 2.42 bits per heavy atom. The second kappa shape index (κ2) is 8.25. The molecule has 0 fully saturated rings. The van der Waals surface area contributed by atoms with E-state index in [0.29, 0.717) is 6.54 Å². The molecule has 0 aliphatic heterocycles. The molecule has 0 radical (unpaired) electrons. The Balaban J connectivity index is 3.10. The van der Waals surface area contributed by atoms with Gasteiger partial charge in [0.15, 0.2) is 0 Å². The third kappa shape index (κ3) is 5.31. The highest BCUT2D eigenvalue weighted by Gasteiger charge is 2.26. The number of sulfonamides is 1. The van der Waals surface area contributed by atoms with Crippen LogP contribution in [-0.4, -0.2) is 49.9 Å². The van der Waals surface area contributed by atoms with Gasteiger partial charge in [0.1, 0.15) is 6.04 Å². The van der Waals surface area contributed by atoms with E-state index in [0.717, 1.165) is 0 Å². The molecule has 1 aromatic rings. The first kappa shape index (κ1) is 20.1. The predicted molar refractivity (Wildman–Crippen MR) is 90.3 cm³/mol. The summed E-state index contributed by atoms with van der Waals surface area (Å²) in [5.74, 6) is -1.52. The molecule has 134 valence electrons. The molecule has 0 spiro atoms. The number of aliphatic carboxylic acids is 1. The first-order valence-electron chi connectivity index (χ1n) is 7.69. The largest absolute Gasteiger partial charge is 0.480 e. The van der Waals surface area contributed by atoms with Crippen molar-refractivity contribution in [2.45, 2.75) is 38.1 Å². The van der Waals surface area contributed by atoms with Crippen LogP contribution in [0.4, 0.5) is 0 Å². The average molecular weight is 356 g/mol. The number of rotatable bonds is 8. The summed E-state index contributed by atoms with van der Waals surface area (Å²) in [4.78, 5) is 24.7. The Bertz CT molecular complexity index is 700. The third-order valence-electron chi connectivity index (χ3n) is 3.51. The maximum Gasteiger partial charge on any atom is 0.321 e. The molecule has 0 aliphatic rings. The van der Waals surface area contributed by atoms with Crippen molar-refractivity contribution < 1.29 is 23.1 Å². The third-order valence-corrected chi connectivity index (χ3v) is 4.98. The van der Waals surface area contributed by atoms with Gasteiger partial charge in [-0.15, -0.1) is 0 Å². The minimum atomic E-state index is -4.04. The smallest absolute Gasteiger partial charge is 0.321 e. The van der Waals surface area contributed by atoms with Crippen molar-refractivity contribution in [2.24, 2.45) is 5.92 Å². The fourth-order valence-electron chi connectivity index (χ4n) is 2.09. The van der Waals surface area contributed by atoms with Gasteiger partial charge >= 0.3 is 5.97 Å². The molecular formula is C16H24N2O5S. The summed E-state index contributed by atoms with van der Waals surface area (Å²) in [6, 6.07) is 4.36. The molecule has 2 N–H and O–H groups in total. The van der Waals surface area contributed by atoms with E-state index in [4.69, 9.17) is 0 Å². The number of amides is 1. The predicted octanol–water partition coefficient (Wildman–Crippen LogP) is 1.56. The first-order valence-corrected chi connectivity index (χ1v) is 9.17. The van der Waals surface area contributed by atoms with Gasteiger partial charge in [0.25, 0.3) is 5.91 Å². The Labute approximate surface area is 142 Å². The van der Waals surface area contributed by atoms with Crippen molar-refractivity contribution >= 4 is 21.9 Å². The lowest BCUT2D eigenvalue weighted by Crippen LogP contribution is -2.41. The molecule has 8 heteroatoms. The van der Waals surface area contributed by atoms with Gasteiger partial charge < -0.3 is 10.0 Å². The van der Waals surface area contributed by atoms with Crippen LogP contribution in [0.2, 0.25) is 0 Å². The molecule has 1 amide bonds. The van der Waals surface area contributed by atoms with Crippen LogP contribution >= 0.6 is 0 Å². The monoisotopic (exact) mass is 356 g/mol. The number of benzene rings is 1. The number of nitrogens with zero attached hydrogens (tertiary/aromatic N) is 1. The summed E-state index contributed by atoms with van der Waals surface area (Å²) in [5.41, 5.74) is 0.234. The van der Waals surface area contributed by atoms with Crippen LogP contribution in [0.1, 0.15) is 37.6 Å². The minimum Gasteiger partial charge on any atom is -0.480 e. The lowest BCUT2D eigenvalue weighted by atomic mass is 10.1. The normalized spacial score (nSPS) is 12.9.